The smallest absolute Gasteiger partial charge is 0.228 e. The number of hydrogen-bond donors (Lipinski definition) is 0. The molecule has 0 aliphatic carbocycles. The van der Waals surface area contributed by atoms with Gasteiger partial charge in [-0.05, 0) is 26.0 Å². The second-order valence-electron chi connectivity index (χ2n) is 5.24. The van der Waals surface area contributed by atoms with E-state index in [1.165, 1.54) is 0 Å². The van der Waals surface area contributed by atoms with Crippen molar-refractivity contribution in [2.75, 3.05) is 42.6 Å². The maximum atomic E-state index is 5.44. The van der Waals surface area contributed by atoms with E-state index in [1.54, 1.807) is 12.3 Å². The lowest BCUT2D eigenvalue weighted by atomic mass is 10.3. The van der Waals surface area contributed by atoms with Crippen LogP contribution < -0.4 is 14.5 Å². The van der Waals surface area contributed by atoms with E-state index in [1.807, 2.05) is 19.9 Å². The molecule has 0 unspecified atom stereocenters. The van der Waals surface area contributed by atoms with Crippen molar-refractivity contribution in [3.8, 4) is 5.88 Å². The molecule has 116 valence electrons. The zero-order valence-electron chi connectivity index (χ0n) is 13.1. The largest absolute Gasteiger partial charge is 0.478 e. The first-order valence-electron chi connectivity index (χ1n) is 7.65. The first kappa shape index (κ1) is 14.6. The Morgan fingerprint density at radius 3 is 2.55 bits per heavy atom. The Labute approximate surface area is 130 Å². The van der Waals surface area contributed by atoms with Crippen molar-refractivity contribution in [3.63, 3.8) is 0 Å². The molecule has 1 aliphatic rings. The van der Waals surface area contributed by atoms with Gasteiger partial charge in [-0.3, -0.25) is 0 Å². The molecule has 1 fully saturated rings. The molecule has 1 saturated heterocycles. The summed E-state index contributed by atoms with van der Waals surface area (Å²) in [5.74, 6) is 2.42. The van der Waals surface area contributed by atoms with Crippen molar-refractivity contribution in [2.24, 2.45) is 0 Å². The maximum absolute atomic E-state index is 5.44. The Morgan fingerprint density at radius 1 is 1.05 bits per heavy atom. The van der Waals surface area contributed by atoms with Crippen LogP contribution in [0.25, 0.3) is 0 Å². The Morgan fingerprint density at radius 2 is 1.82 bits per heavy atom. The molecule has 0 aromatic carbocycles. The van der Waals surface area contributed by atoms with Gasteiger partial charge in [0.25, 0.3) is 0 Å². The second-order valence-corrected chi connectivity index (χ2v) is 5.24. The number of ether oxygens (including phenoxy) is 1. The third-order valence-electron chi connectivity index (χ3n) is 3.67. The van der Waals surface area contributed by atoms with Gasteiger partial charge in [-0.15, -0.1) is 0 Å². The van der Waals surface area contributed by atoms with Crippen LogP contribution in [0.1, 0.15) is 12.6 Å². The van der Waals surface area contributed by atoms with Gasteiger partial charge in [0.1, 0.15) is 5.82 Å². The quantitative estimate of drug-likeness (QED) is 0.859. The van der Waals surface area contributed by atoms with Gasteiger partial charge in [-0.1, -0.05) is 6.07 Å². The summed E-state index contributed by atoms with van der Waals surface area (Å²) >= 11 is 0. The highest BCUT2D eigenvalue weighted by Crippen LogP contribution is 2.18. The van der Waals surface area contributed by atoms with Crippen LogP contribution >= 0.6 is 0 Å². The number of nitrogens with zero attached hydrogens (tertiary/aromatic N) is 5. The molecule has 3 heterocycles. The number of pyridine rings is 1. The lowest BCUT2D eigenvalue weighted by Crippen LogP contribution is -2.47. The summed E-state index contributed by atoms with van der Waals surface area (Å²) in [5, 5.41) is 0. The molecule has 0 atom stereocenters. The Bertz CT molecular complexity index is 625. The Kier molecular flexibility index (Phi) is 4.37. The van der Waals surface area contributed by atoms with Crippen molar-refractivity contribution in [3.05, 3.63) is 36.2 Å². The highest BCUT2D eigenvalue weighted by Gasteiger charge is 2.20. The second kappa shape index (κ2) is 6.60. The number of piperazine rings is 1. The highest BCUT2D eigenvalue weighted by atomic mass is 16.5. The Balaban J connectivity index is 1.65. The van der Waals surface area contributed by atoms with E-state index in [4.69, 9.17) is 4.74 Å². The number of hydrogen-bond acceptors (Lipinski definition) is 6. The van der Waals surface area contributed by atoms with E-state index in [0.717, 1.165) is 43.6 Å². The molecule has 22 heavy (non-hydrogen) atoms. The van der Waals surface area contributed by atoms with Gasteiger partial charge in [-0.25, -0.2) is 9.97 Å². The van der Waals surface area contributed by atoms with Crippen LogP contribution in [0.15, 0.2) is 30.5 Å². The van der Waals surface area contributed by atoms with Crippen LogP contribution in [0.3, 0.4) is 0 Å². The highest BCUT2D eigenvalue weighted by molar-refractivity contribution is 5.43. The molecule has 0 bridgehead atoms. The van der Waals surface area contributed by atoms with Crippen LogP contribution in [0, 0.1) is 6.92 Å². The molecule has 6 nitrogen and oxygen atoms in total. The summed E-state index contributed by atoms with van der Waals surface area (Å²) in [6, 6.07) is 7.93. The van der Waals surface area contributed by atoms with Gasteiger partial charge in [-0.2, -0.15) is 4.98 Å². The molecule has 1 aliphatic heterocycles. The minimum atomic E-state index is 0.614. The molecule has 0 N–H and O–H groups in total. The summed E-state index contributed by atoms with van der Waals surface area (Å²) in [5.41, 5.74) is 1.05. The zero-order chi connectivity index (χ0) is 15.4. The summed E-state index contributed by atoms with van der Waals surface area (Å²) in [4.78, 5) is 17.9. The van der Waals surface area contributed by atoms with Gasteiger partial charge in [0.05, 0.1) is 6.61 Å². The normalized spacial score (nSPS) is 15.0. The van der Waals surface area contributed by atoms with E-state index < -0.39 is 0 Å². The van der Waals surface area contributed by atoms with E-state index in [9.17, 15) is 0 Å². The molecular formula is C16H21N5O. The van der Waals surface area contributed by atoms with E-state index in [0.29, 0.717) is 12.5 Å². The monoisotopic (exact) mass is 299 g/mol. The summed E-state index contributed by atoms with van der Waals surface area (Å²) in [6.07, 6.45) is 1.75. The zero-order valence-corrected chi connectivity index (χ0v) is 13.1. The summed E-state index contributed by atoms with van der Waals surface area (Å²) in [6.45, 7) is 8.18. The predicted molar refractivity (Wildman–Crippen MR) is 86.6 cm³/mol. The van der Waals surface area contributed by atoms with Crippen LogP contribution in [-0.2, 0) is 0 Å². The van der Waals surface area contributed by atoms with Crippen molar-refractivity contribution in [1.82, 2.24) is 15.0 Å². The molecule has 3 rings (SSSR count). The summed E-state index contributed by atoms with van der Waals surface area (Å²) in [7, 11) is 0. The first-order chi connectivity index (χ1) is 10.8. The first-order valence-corrected chi connectivity index (χ1v) is 7.65. The molecule has 0 spiro atoms. The average Bonchev–Trinajstić information content (AvgIpc) is 2.56. The van der Waals surface area contributed by atoms with Crippen molar-refractivity contribution in [1.29, 1.82) is 0 Å². The third-order valence-corrected chi connectivity index (χ3v) is 3.67. The van der Waals surface area contributed by atoms with E-state index in [2.05, 4.69) is 36.9 Å². The lowest BCUT2D eigenvalue weighted by Gasteiger charge is -2.35. The van der Waals surface area contributed by atoms with Gasteiger partial charge < -0.3 is 14.5 Å². The lowest BCUT2D eigenvalue weighted by molar-refractivity contribution is 0.326. The van der Waals surface area contributed by atoms with E-state index >= 15 is 0 Å². The van der Waals surface area contributed by atoms with Gasteiger partial charge in [0.15, 0.2) is 0 Å². The molecular weight excluding hydrogens is 278 g/mol. The Hall–Kier alpha value is -2.37. The summed E-state index contributed by atoms with van der Waals surface area (Å²) < 4.78 is 5.44. The van der Waals surface area contributed by atoms with Gasteiger partial charge in [0, 0.05) is 44.1 Å². The maximum Gasteiger partial charge on any atom is 0.228 e. The van der Waals surface area contributed by atoms with Gasteiger partial charge in [0.2, 0.25) is 11.8 Å². The fourth-order valence-electron chi connectivity index (χ4n) is 2.55. The van der Waals surface area contributed by atoms with Crippen molar-refractivity contribution >= 4 is 11.8 Å². The SMILES string of the molecule is CCOc1ccnc(N2CCN(c3cccc(C)n3)CC2)n1. The number of rotatable bonds is 4. The van der Waals surface area contributed by atoms with Crippen molar-refractivity contribution in [2.45, 2.75) is 13.8 Å². The molecule has 0 amide bonds. The number of aromatic nitrogens is 3. The van der Waals surface area contributed by atoms with Crippen LogP contribution in [-0.4, -0.2) is 47.7 Å². The van der Waals surface area contributed by atoms with Crippen LogP contribution in [0.4, 0.5) is 11.8 Å². The van der Waals surface area contributed by atoms with Crippen molar-refractivity contribution < 1.29 is 4.74 Å². The topological polar surface area (TPSA) is 54.4 Å². The van der Waals surface area contributed by atoms with Gasteiger partial charge >= 0.3 is 0 Å². The fraction of sp³-hybridized carbons (Fsp3) is 0.438. The molecule has 6 heteroatoms. The van der Waals surface area contributed by atoms with Crippen LogP contribution in [0.5, 0.6) is 5.88 Å². The molecule has 0 saturated carbocycles. The molecule has 2 aromatic heterocycles. The fourth-order valence-corrected chi connectivity index (χ4v) is 2.55. The predicted octanol–water partition coefficient (Wildman–Crippen LogP) is 1.91. The molecule has 0 radical (unpaired) electrons. The molecule has 2 aromatic rings. The third kappa shape index (κ3) is 3.27. The van der Waals surface area contributed by atoms with Crippen LogP contribution in [0.2, 0.25) is 0 Å². The minimum absolute atomic E-state index is 0.614. The number of aryl methyl sites for hydroxylation is 1. The van der Waals surface area contributed by atoms with E-state index in [-0.39, 0.29) is 0 Å². The average molecular weight is 299 g/mol. The standard InChI is InChI=1S/C16H21N5O/c1-3-22-15-7-8-17-16(19-15)21-11-9-20(10-12-21)14-6-4-5-13(2)18-14/h4-8H,3,9-12H2,1-2H3. The minimum Gasteiger partial charge on any atom is -0.478 e. The number of anilines is 2.